The molecule has 1 aromatic heterocycles. The number of aromatic nitrogens is 1. The molecular formula is C20H26ClN3O. The van der Waals surface area contributed by atoms with E-state index in [9.17, 15) is 4.79 Å². The van der Waals surface area contributed by atoms with Crippen molar-refractivity contribution in [3.05, 3.63) is 40.5 Å². The number of hydrogen-bond acceptors (Lipinski definition) is 3. The van der Waals surface area contributed by atoms with E-state index in [4.69, 9.17) is 11.6 Å². The third kappa shape index (κ3) is 6.46. The van der Waals surface area contributed by atoms with Crippen molar-refractivity contribution in [2.75, 3.05) is 0 Å². The number of carbonyl (C=O) groups excluding carboxylic acids is 1. The zero-order valence-electron chi connectivity index (χ0n) is 15.0. The van der Waals surface area contributed by atoms with Crippen LogP contribution in [0.1, 0.15) is 63.0 Å². The Labute approximate surface area is 154 Å². The van der Waals surface area contributed by atoms with Crippen LogP contribution in [0.5, 0.6) is 0 Å². The highest BCUT2D eigenvalue weighted by Gasteiger charge is 2.04. The number of nitrogens with one attached hydrogen (secondary N) is 1. The zero-order chi connectivity index (χ0) is 18.1. The molecular weight excluding hydrogens is 334 g/mol. The molecule has 0 saturated heterocycles. The van der Waals surface area contributed by atoms with Crippen LogP contribution in [0.4, 0.5) is 0 Å². The molecule has 1 aromatic carbocycles. The number of halogens is 1. The monoisotopic (exact) mass is 359 g/mol. The smallest absolute Gasteiger partial charge is 0.240 e. The lowest BCUT2D eigenvalue weighted by atomic mass is 10.1. The maximum atomic E-state index is 11.8. The Morgan fingerprint density at radius 1 is 1.20 bits per heavy atom. The summed E-state index contributed by atoms with van der Waals surface area (Å²) in [6.07, 6.45) is 9.02. The van der Waals surface area contributed by atoms with Crippen LogP contribution in [0.3, 0.4) is 0 Å². The first-order valence-electron chi connectivity index (χ1n) is 8.99. The molecule has 0 bridgehead atoms. The molecule has 4 nitrogen and oxygen atoms in total. The minimum absolute atomic E-state index is 0.0627. The van der Waals surface area contributed by atoms with E-state index in [0.29, 0.717) is 17.1 Å². The van der Waals surface area contributed by atoms with Gasteiger partial charge in [0.1, 0.15) is 5.15 Å². The molecule has 0 radical (unpaired) electrons. The molecule has 0 aliphatic carbocycles. The Bertz CT molecular complexity index is 743. The van der Waals surface area contributed by atoms with Gasteiger partial charge in [-0.3, -0.25) is 4.79 Å². The predicted octanol–water partition coefficient (Wildman–Crippen LogP) is 5.40. The molecule has 0 unspecified atom stereocenters. The van der Waals surface area contributed by atoms with Gasteiger partial charge in [0, 0.05) is 17.4 Å². The van der Waals surface area contributed by atoms with Gasteiger partial charge in [-0.15, -0.1) is 0 Å². The van der Waals surface area contributed by atoms with Gasteiger partial charge in [-0.1, -0.05) is 62.8 Å². The van der Waals surface area contributed by atoms with Crippen molar-refractivity contribution in [3.8, 4) is 0 Å². The summed E-state index contributed by atoms with van der Waals surface area (Å²) in [5, 5.41) is 5.38. The van der Waals surface area contributed by atoms with Crippen LogP contribution in [0.25, 0.3) is 10.9 Å². The van der Waals surface area contributed by atoms with Crippen molar-refractivity contribution in [3.63, 3.8) is 0 Å². The second-order valence-electron chi connectivity index (χ2n) is 6.38. The third-order valence-electron chi connectivity index (χ3n) is 4.10. The molecule has 5 heteroatoms. The van der Waals surface area contributed by atoms with Gasteiger partial charge in [-0.2, -0.15) is 5.10 Å². The van der Waals surface area contributed by atoms with Gasteiger partial charge in [-0.25, -0.2) is 10.4 Å². The summed E-state index contributed by atoms with van der Waals surface area (Å²) < 4.78 is 0. The van der Waals surface area contributed by atoms with E-state index in [0.717, 1.165) is 29.3 Å². The van der Waals surface area contributed by atoms with Crippen molar-refractivity contribution in [2.45, 2.75) is 58.8 Å². The number of unbranched alkanes of at least 4 members (excludes halogenated alkanes) is 5. The Kier molecular flexibility index (Phi) is 7.86. The molecule has 1 N–H and O–H groups in total. The Hall–Kier alpha value is -1.94. The van der Waals surface area contributed by atoms with E-state index in [-0.39, 0.29) is 5.91 Å². The lowest BCUT2D eigenvalue weighted by molar-refractivity contribution is -0.121. The highest BCUT2D eigenvalue weighted by molar-refractivity contribution is 6.32. The molecule has 2 aromatic rings. The molecule has 0 aliphatic heterocycles. The summed E-state index contributed by atoms with van der Waals surface area (Å²) in [4.78, 5) is 16.2. The van der Waals surface area contributed by atoms with Gasteiger partial charge in [0.25, 0.3) is 0 Å². The standard InChI is InChI=1S/C20H26ClN3O/c1-3-4-5-6-7-8-9-19(25)24-22-14-17-13-16-11-10-15(2)12-18(16)23-20(17)21/h10-14H,3-9H2,1-2H3,(H,24,25)/b22-14-. The highest BCUT2D eigenvalue weighted by Crippen LogP contribution is 2.20. The van der Waals surface area contributed by atoms with E-state index in [1.165, 1.54) is 25.7 Å². The highest BCUT2D eigenvalue weighted by atomic mass is 35.5. The second kappa shape index (κ2) is 10.1. The molecule has 0 spiro atoms. The minimum atomic E-state index is -0.0627. The fraction of sp³-hybridized carbons (Fsp3) is 0.450. The summed E-state index contributed by atoms with van der Waals surface area (Å²) in [7, 11) is 0. The molecule has 2 rings (SSSR count). The van der Waals surface area contributed by atoms with E-state index in [2.05, 4.69) is 22.4 Å². The Balaban J connectivity index is 1.83. The topological polar surface area (TPSA) is 54.4 Å². The number of fused-ring (bicyclic) bond motifs is 1. The van der Waals surface area contributed by atoms with Crippen LogP contribution in [0, 0.1) is 6.92 Å². The van der Waals surface area contributed by atoms with Crippen molar-refractivity contribution in [2.24, 2.45) is 5.10 Å². The molecule has 1 amide bonds. The predicted molar refractivity (Wildman–Crippen MR) is 105 cm³/mol. The Morgan fingerprint density at radius 3 is 2.76 bits per heavy atom. The van der Waals surface area contributed by atoms with Gasteiger partial charge < -0.3 is 0 Å². The lowest BCUT2D eigenvalue weighted by Gasteiger charge is -2.03. The number of nitrogens with zero attached hydrogens (tertiary/aromatic N) is 2. The molecule has 0 saturated carbocycles. The largest absolute Gasteiger partial charge is 0.273 e. The number of benzene rings is 1. The minimum Gasteiger partial charge on any atom is -0.273 e. The van der Waals surface area contributed by atoms with Crippen molar-refractivity contribution in [1.82, 2.24) is 10.4 Å². The van der Waals surface area contributed by atoms with Gasteiger partial charge in [-0.05, 0) is 31.0 Å². The first kappa shape index (κ1) is 19.4. The summed E-state index contributed by atoms with van der Waals surface area (Å²) in [5.74, 6) is -0.0627. The summed E-state index contributed by atoms with van der Waals surface area (Å²) >= 11 is 6.20. The summed E-state index contributed by atoms with van der Waals surface area (Å²) in [6.45, 7) is 4.22. The number of rotatable bonds is 9. The van der Waals surface area contributed by atoms with Crippen LogP contribution in [-0.2, 0) is 4.79 Å². The molecule has 0 fully saturated rings. The average Bonchev–Trinajstić information content (AvgIpc) is 2.58. The van der Waals surface area contributed by atoms with E-state index < -0.39 is 0 Å². The molecule has 134 valence electrons. The molecule has 25 heavy (non-hydrogen) atoms. The number of amides is 1. The van der Waals surface area contributed by atoms with E-state index in [1.807, 2.05) is 31.2 Å². The second-order valence-corrected chi connectivity index (χ2v) is 6.73. The number of carbonyl (C=O) groups is 1. The number of aryl methyl sites for hydroxylation is 1. The van der Waals surface area contributed by atoms with Crippen LogP contribution >= 0.6 is 11.6 Å². The molecule has 0 aliphatic rings. The Morgan fingerprint density at radius 2 is 1.96 bits per heavy atom. The molecule has 0 atom stereocenters. The average molecular weight is 360 g/mol. The third-order valence-corrected chi connectivity index (χ3v) is 4.41. The van der Waals surface area contributed by atoms with Crippen LogP contribution in [-0.4, -0.2) is 17.1 Å². The number of hydrazone groups is 1. The maximum Gasteiger partial charge on any atom is 0.240 e. The van der Waals surface area contributed by atoms with Gasteiger partial charge in [0.2, 0.25) is 5.91 Å². The fourth-order valence-corrected chi connectivity index (χ4v) is 2.85. The first-order valence-corrected chi connectivity index (χ1v) is 9.36. The van der Waals surface area contributed by atoms with Crippen molar-refractivity contribution in [1.29, 1.82) is 0 Å². The number of pyridine rings is 1. The van der Waals surface area contributed by atoms with Gasteiger partial charge in [0.15, 0.2) is 0 Å². The fourth-order valence-electron chi connectivity index (χ4n) is 2.66. The van der Waals surface area contributed by atoms with Crippen LogP contribution < -0.4 is 5.43 Å². The van der Waals surface area contributed by atoms with Crippen molar-refractivity contribution >= 4 is 34.6 Å². The van der Waals surface area contributed by atoms with Crippen LogP contribution in [0.15, 0.2) is 29.4 Å². The zero-order valence-corrected chi connectivity index (χ0v) is 15.8. The lowest BCUT2D eigenvalue weighted by Crippen LogP contribution is -2.17. The first-order chi connectivity index (χ1) is 12.1. The van der Waals surface area contributed by atoms with Crippen LogP contribution in [0.2, 0.25) is 5.15 Å². The maximum absolute atomic E-state index is 11.8. The van der Waals surface area contributed by atoms with Crippen molar-refractivity contribution < 1.29 is 4.79 Å². The summed E-state index contributed by atoms with van der Waals surface area (Å²) in [5.41, 5.74) is 5.25. The summed E-state index contributed by atoms with van der Waals surface area (Å²) in [6, 6.07) is 7.95. The normalized spacial score (nSPS) is 11.3. The van der Waals surface area contributed by atoms with Gasteiger partial charge in [0.05, 0.1) is 11.7 Å². The SMILES string of the molecule is CCCCCCCCC(=O)N/N=C\c1cc2ccc(C)cc2nc1Cl. The van der Waals surface area contributed by atoms with E-state index >= 15 is 0 Å². The molecule has 1 heterocycles. The van der Waals surface area contributed by atoms with Gasteiger partial charge >= 0.3 is 0 Å². The quantitative estimate of drug-likeness (QED) is 0.282. The van der Waals surface area contributed by atoms with E-state index in [1.54, 1.807) is 6.21 Å². The number of hydrogen-bond donors (Lipinski definition) is 1.